The first-order valence-electron chi connectivity index (χ1n) is 18.3. The fourth-order valence-corrected chi connectivity index (χ4v) is 5.37. The number of hydrogen-bond donors (Lipinski definition) is 2. The number of phosphoric ester groups is 1. The summed E-state index contributed by atoms with van der Waals surface area (Å²) in [6.45, 7) is 3.47. The maximum atomic E-state index is 12.5. The highest BCUT2D eigenvalue weighted by molar-refractivity contribution is 7.47. The molecule has 0 aromatic heterocycles. The third-order valence-corrected chi connectivity index (χ3v) is 8.28. The minimum atomic E-state index is -4.39. The van der Waals surface area contributed by atoms with Crippen molar-refractivity contribution in [1.29, 1.82) is 0 Å². The van der Waals surface area contributed by atoms with Crippen LogP contribution in [0.25, 0.3) is 0 Å². The van der Waals surface area contributed by atoms with Gasteiger partial charge in [-0.2, -0.15) is 0 Å². The van der Waals surface area contributed by atoms with E-state index in [1.807, 2.05) is 54.7 Å². The van der Waals surface area contributed by atoms with Gasteiger partial charge in [-0.25, -0.2) is 4.57 Å². The van der Waals surface area contributed by atoms with Gasteiger partial charge in [-0.15, -0.1) is 0 Å². The molecule has 0 aromatic rings. The minimum absolute atomic E-state index is 0.0401. The van der Waals surface area contributed by atoms with Gasteiger partial charge < -0.3 is 20.1 Å². The molecule has 48 heavy (non-hydrogen) atoms. The number of allylic oxidation sites excluding steroid dienone is 10. The van der Waals surface area contributed by atoms with Crippen LogP contribution in [-0.4, -0.2) is 49.3 Å². The van der Waals surface area contributed by atoms with E-state index in [1.165, 1.54) is 70.6 Å². The van der Waals surface area contributed by atoms with E-state index >= 15 is 0 Å². The summed E-state index contributed by atoms with van der Waals surface area (Å²) in [6.07, 6.45) is 38.4. The van der Waals surface area contributed by atoms with Crippen LogP contribution >= 0.6 is 7.82 Å². The van der Waals surface area contributed by atoms with E-state index in [0.717, 1.165) is 25.7 Å². The number of nitrogens with two attached hydrogens (primary N) is 1. The standard InChI is InChI=1S/C38H66NO8P/c1-3-5-7-9-11-13-15-17-19-20-22-24-26-28-30-37(40)44-34-36(35-46-48(42,43)45-33-32-39)47-38(41)31-29-27-25-23-21-18-16-14-12-10-8-6-4-2/h6,8,10,12,14,16,18,21,23,25,36H,3-5,7,9,11,13,15,17,19-20,22,24,26-35,39H2,1-2H3,(H,42,43)/b8-6+,12-10+,16-14+,21-18+,25-23+. The number of esters is 2. The van der Waals surface area contributed by atoms with Crippen molar-refractivity contribution in [2.24, 2.45) is 5.73 Å². The lowest BCUT2D eigenvalue weighted by molar-refractivity contribution is -0.161. The molecule has 2 unspecified atom stereocenters. The van der Waals surface area contributed by atoms with Gasteiger partial charge >= 0.3 is 19.8 Å². The molecule has 0 saturated carbocycles. The highest BCUT2D eigenvalue weighted by Gasteiger charge is 2.25. The SMILES string of the molecule is CC/C=C/C=C/C=C/C=C/C=C/CCCC(=O)OC(COC(=O)CCCCCCCCCCCCCCCC)COP(=O)(O)OCCN. The van der Waals surface area contributed by atoms with E-state index in [-0.39, 0.29) is 32.6 Å². The molecule has 0 radical (unpaired) electrons. The molecular weight excluding hydrogens is 629 g/mol. The smallest absolute Gasteiger partial charge is 0.462 e. The fourth-order valence-electron chi connectivity index (χ4n) is 4.60. The van der Waals surface area contributed by atoms with E-state index in [4.69, 9.17) is 24.3 Å². The number of ether oxygens (including phenoxy) is 2. The number of rotatable bonds is 33. The Morgan fingerprint density at radius 1 is 0.646 bits per heavy atom. The van der Waals surface area contributed by atoms with Crippen molar-refractivity contribution in [2.75, 3.05) is 26.4 Å². The summed E-state index contributed by atoms with van der Waals surface area (Å²) in [7, 11) is -4.39. The Labute approximate surface area is 291 Å². The summed E-state index contributed by atoms with van der Waals surface area (Å²) in [5.74, 6) is -0.919. The zero-order valence-corrected chi connectivity index (χ0v) is 30.8. The largest absolute Gasteiger partial charge is 0.472 e. The van der Waals surface area contributed by atoms with Crippen LogP contribution in [0, 0.1) is 0 Å². The van der Waals surface area contributed by atoms with Crippen molar-refractivity contribution in [2.45, 2.75) is 142 Å². The molecule has 0 aliphatic rings. The lowest BCUT2D eigenvalue weighted by Crippen LogP contribution is -2.29. The van der Waals surface area contributed by atoms with E-state index in [9.17, 15) is 19.0 Å². The van der Waals surface area contributed by atoms with E-state index < -0.39 is 32.5 Å². The molecule has 2 atom stereocenters. The monoisotopic (exact) mass is 695 g/mol. The Kier molecular flexibility index (Phi) is 32.9. The summed E-state index contributed by atoms with van der Waals surface area (Å²) in [4.78, 5) is 34.6. The Morgan fingerprint density at radius 2 is 1.15 bits per heavy atom. The average Bonchev–Trinajstić information content (AvgIpc) is 3.07. The third kappa shape index (κ3) is 33.6. The Bertz CT molecular complexity index is 976. The molecule has 0 aliphatic carbocycles. The number of phosphoric acid groups is 1. The van der Waals surface area contributed by atoms with Gasteiger partial charge in [0.05, 0.1) is 13.2 Å². The van der Waals surface area contributed by atoms with Gasteiger partial charge in [0.25, 0.3) is 0 Å². The van der Waals surface area contributed by atoms with Gasteiger partial charge in [0.1, 0.15) is 6.61 Å². The van der Waals surface area contributed by atoms with Crippen molar-refractivity contribution in [3.63, 3.8) is 0 Å². The quantitative estimate of drug-likeness (QED) is 0.0298. The van der Waals surface area contributed by atoms with Gasteiger partial charge in [0, 0.05) is 19.4 Å². The normalized spacial score (nSPS) is 14.2. The topological polar surface area (TPSA) is 134 Å². The number of carbonyl (C=O) groups is 2. The predicted octanol–water partition coefficient (Wildman–Crippen LogP) is 9.77. The average molecular weight is 696 g/mol. The van der Waals surface area contributed by atoms with Crippen molar-refractivity contribution in [1.82, 2.24) is 0 Å². The molecule has 0 aliphatic heterocycles. The third-order valence-electron chi connectivity index (χ3n) is 7.30. The molecule has 0 aromatic carbocycles. The second-order valence-electron chi connectivity index (χ2n) is 11.8. The van der Waals surface area contributed by atoms with Crippen molar-refractivity contribution in [3.05, 3.63) is 60.8 Å². The van der Waals surface area contributed by atoms with E-state index in [2.05, 4.69) is 19.9 Å². The minimum Gasteiger partial charge on any atom is -0.462 e. The van der Waals surface area contributed by atoms with Crippen LogP contribution < -0.4 is 5.73 Å². The zero-order chi connectivity index (χ0) is 35.4. The second-order valence-corrected chi connectivity index (χ2v) is 13.3. The molecule has 0 rings (SSSR count). The van der Waals surface area contributed by atoms with Crippen molar-refractivity contribution in [3.8, 4) is 0 Å². The Balaban J connectivity index is 4.36. The molecule has 0 fully saturated rings. The highest BCUT2D eigenvalue weighted by atomic mass is 31.2. The summed E-state index contributed by atoms with van der Waals surface area (Å²) < 4.78 is 32.5. The maximum absolute atomic E-state index is 12.5. The zero-order valence-electron chi connectivity index (χ0n) is 29.9. The van der Waals surface area contributed by atoms with Crippen LogP contribution in [0.3, 0.4) is 0 Å². The molecule has 10 heteroatoms. The maximum Gasteiger partial charge on any atom is 0.472 e. The molecule has 0 heterocycles. The summed E-state index contributed by atoms with van der Waals surface area (Å²) >= 11 is 0. The molecule has 0 amide bonds. The van der Waals surface area contributed by atoms with Crippen LogP contribution in [0.4, 0.5) is 0 Å². The van der Waals surface area contributed by atoms with Crippen LogP contribution in [0.15, 0.2) is 60.8 Å². The van der Waals surface area contributed by atoms with Crippen molar-refractivity contribution < 1.29 is 37.6 Å². The van der Waals surface area contributed by atoms with Gasteiger partial charge in [0.2, 0.25) is 0 Å². The lowest BCUT2D eigenvalue weighted by atomic mass is 10.0. The summed E-state index contributed by atoms with van der Waals surface area (Å²) in [5, 5.41) is 0. The van der Waals surface area contributed by atoms with Gasteiger partial charge in [-0.1, -0.05) is 158 Å². The number of hydrogen-bond acceptors (Lipinski definition) is 8. The van der Waals surface area contributed by atoms with Gasteiger partial charge in [-0.3, -0.25) is 18.6 Å². The van der Waals surface area contributed by atoms with Crippen molar-refractivity contribution >= 4 is 19.8 Å². The van der Waals surface area contributed by atoms with E-state index in [1.54, 1.807) is 0 Å². The van der Waals surface area contributed by atoms with Crippen LogP contribution in [0.5, 0.6) is 0 Å². The van der Waals surface area contributed by atoms with Gasteiger partial charge in [0.15, 0.2) is 6.10 Å². The molecule has 9 nitrogen and oxygen atoms in total. The molecule has 3 N–H and O–H groups in total. The number of unbranched alkanes of at least 4 members (excludes halogenated alkanes) is 14. The first-order valence-corrected chi connectivity index (χ1v) is 19.8. The second kappa shape index (κ2) is 34.6. The molecule has 0 saturated heterocycles. The molecule has 276 valence electrons. The first kappa shape index (κ1) is 45.7. The fraction of sp³-hybridized carbons (Fsp3) is 0.684. The van der Waals surface area contributed by atoms with Crippen LogP contribution in [0.2, 0.25) is 0 Å². The molecule has 0 bridgehead atoms. The Hall–Kier alpha value is -2.29. The molecule has 0 spiro atoms. The van der Waals surface area contributed by atoms with E-state index in [0.29, 0.717) is 12.8 Å². The van der Waals surface area contributed by atoms with Gasteiger partial charge in [-0.05, 0) is 25.7 Å². The highest BCUT2D eigenvalue weighted by Crippen LogP contribution is 2.43. The lowest BCUT2D eigenvalue weighted by Gasteiger charge is -2.19. The Morgan fingerprint density at radius 3 is 1.69 bits per heavy atom. The summed E-state index contributed by atoms with van der Waals surface area (Å²) in [6, 6.07) is 0. The van der Waals surface area contributed by atoms with Crippen LogP contribution in [0.1, 0.15) is 136 Å². The van der Waals surface area contributed by atoms with Crippen LogP contribution in [-0.2, 0) is 32.7 Å². The number of carbonyl (C=O) groups excluding carboxylic acids is 2. The predicted molar refractivity (Wildman–Crippen MR) is 196 cm³/mol. The summed E-state index contributed by atoms with van der Waals surface area (Å²) in [5.41, 5.74) is 5.32. The first-order chi connectivity index (χ1) is 23.3. The molecular formula is C38H66NO8P.